The first kappa shape index (κ1) is 21.3. The minimum absolute atomic E-state index is 0. The van der Waals surface area contributed by atoms with E-state index in [1.165, 1.54) is 0 Å². The number of halogens is 1. The lowest BCUT2D eigenvalue weighted by molar-refractivity contribution is 0.0400. The van der Waals surface area contributed by atoms with Crippen LogP contribution < -0.4 is 15.2 Å². The van der Waals surface area contributed by atoms with Crippen molar-refractivity contribution in [3.8, 4) is 11.5 Å². The van der Waals surface area contributed by atoms with E-state index in [0.717, 1.165) is 11.1 Å². The van der Waals surface area contributed by atoms with E-state index in [1.54, 1.807) is 7.11 Å². The molecule has 0 aliphatic heterocycles. The summed E-state index contributed by atoms with van der Waals surface area (Å²) in [5.41, 5.74) is 7.84. The summed E-state index contributed by atoms with van der Waals surface area (Å²) in [6.07, 6.45) is -0.659. The molecule has 4 nitrogen and oxygen atoms in total. The molecule has 25 heavy (non-hydrogen) atoms. The third-order valence-corrected chi connectivity index (χ3v) is 4.04. The van der Waals surface area contributed by atoms with Crippen molar-refractivity contribution in [2.24, 2.45) is 11.1 Å². The van der Waals surface area contributed by atoms with Crippen LogP contribution in [0.5, 0.6) is 11.5 Å². The van der Waals surface area contributed by atoms with Crippen LogP contribution in [0, 0.1) is 5.41 Å². The monoisotopic (exact) mass is 365 g/mol. The molecule has 0 heterocycles. The van der Waals surface area contributed by atoms with Gasteiger partial charge in [0.25, 0.3) is 0 Å². The molecular formula is C20H28ClNO3. The number of hydrogen-bond acceptors (Lipinski definition) is 4. The molecule has 0 fully saturated rings. The fourth-order valence-electron chi connectivity index (χ4n) is 2.47. The Labute approximate surface area is 156 Å². The summed E-state index contributed by atoms with van der Waals surface area (Å²) in [7, 11) is 1.61. The fraction of sp³-hybridized carbons (Fsp3) is 0.400. The molecule has 3 N–H and O–H groups in total. The molecule has 0 aliphatic carbocycles. The second kappa shape index (κ2) is 9.09. The smallest absolute Gasteiger partial charge is 0.161 e. The van der Waals surface area contributed by atoms with Crippen molar-refractivity contribution >= 4 is 12.4 Å². The van der Waals surface area contributed by atoms with Gasteiger partial charge < -0.3 is 20.3 Å². The SMILES string of the molecule is COc1ccc([C@@H](N)[C@@H](O)C(C)(C)C)cc1OCc1ccccc1.Cl. The van der Waals surface area contributed by atoms with Gasteiger partial charge in [-0.2, -0.15) is 0 Å². The van der Waals surface area contributed by atoms with Crippen LogP contribution in [0.2, 0.25) is 0 Å². The van der Waals surface area contributed by atoms with Gasteiger partial charge in [0.05, 0.1) is 19.3 Å². The Bertz CT molecular complexity index is 656. The predicted molar refractivity (Wildman–Crippen MR) is 103 cm³/mol. The summed E-state index contributed by atoms with van der Waals surface area (Å²) < 4.78 is 11.3. The fourth-order valence-corrected chi connectivity index (χ4v) is 2.47. The molecule has 5 heteroatoms. The van der Waals surface area contributed by atoms with Gasteiger partial charge in [0.1, 0.15) is 6.61 Å². The van der Waals surface area contributed by atoms with Crippen molar-refractivity contribution in [2.75, 3.05) is 7.11 Å². The second-order valence-electron chi connectivity index (χ2n) is 7.02. The number of rotatable bonds is 6. The number of benzene rings is 2. The third kappa shape index (κ3) is 5.63. The molecule has 0 unspecified atom stereocenters. The highest BCUT2D eigenvalue weighted by Gasteiger charge is 2.29. The zero-order chi connectivity index (χ0) is 17.7. The number of hydrogen-bond donors (Lipinski definition) is 2. The number of aliphatic hydroxyl groups is 1. The van der Waals surface area contributed by atoms with E-state index in [1.807, 2.05) is 69.3 Å². The van der Waals surface area contributed by atoms with Gasteiger partial charge >= 0.3 is 0 Å². The number of aliphatic hydroxyl groups excluding tert-OH is 1. The molecule has 138 valence electrons. The van der Waals surface area contributed by atoms with Crippen molar-refractivity contribution in [3.63, 3.8) is 0 Å². The normalized spacial score (nSPS) is 13.5. The second-order valence-corrected chi connectivity index (χ2v) is 7.02. The Hall–Kier alpha value is -1.75. The van der Waals surface area contributed by atoms with Crippen LogP contribution in [0.4, 0.5) is 0 Å². The summed E-state index contributed by atoms with van der Waals surface area (Å²) in [6.45, 7) is 6.34. The van der Waals surface area contributed by atoms with Gasteiger partial charge in [-0.25, -0.2) is 0 Å². The molecule has 0 saturated heterocycles. The van der Waals surface area contributed by atoms with E-state index in [4.69, 9.17) is 15.2 Å². The predicted octanol–water partition coefficient (Wildman–Crippen LogP) is 4.10. The Morgan fingerprint density at radius 3 is 2.24 bits per heavy atom. The Kier molecular flexibility index (Phi) is 7.74. The number of nitrogens with two attached hydrogens (primary N) is 1. The average Bonchev–Trinajstić information content (AvgIpc) is 2.58. The highest BCUT2D eigenvalue weighted by atomic mass is 35.5. The van der Waals surface area contributed by atoms with Gasteiger partial charge in [-0.05, 0) is 28.7 Å². The molecule has 2 rings (SSSR count). The van der Waals surface area contributed by atoms with Gasteiger partial charge in [0, 0.05) is 0 Å². The van der Waals surface area contributed by atoms with Gasteiger partial charge in [-0.3, -0.25) is 0 Å². The van der Waals surface area contributed by atoms with Gasteiger partial charge in [0.2, 0.25) is 0 Å². The van der Waals surface area contributed by atoms with Gasteiger partial charge in [-0.15, -0.1) is 12.4 Å². The van der Waals surface area contributed by atoms with E-state index < -0.39 is 12.1 Å². The molecule has 0 spiro atoms. The molecule has 0 aromatic heterocycles. The highest BCUT2D eigenvalue weighted by molar-refractivity contribution is 5.85. The third-order valence-electron chi connectivity index (χ3n) is 4.04. The van der Waals surface area contributed by atoms with E-state index in [2.05, 4.69) is 0 Å². The molecule has 2 atom stereocenters. The van der Waals surface area contributed by atoms with E-state index in [0.29, 0.717) is 18.1 Å². The van der Waals surface area contributed by atoms with Crippen LogP contribution >= 0.6 is 12.4 Å². The topological polar surface area (TPSA) is 64.7 Å². The van der Waals surface area contributed by atoms with Crippen molar-refractivity contribution in [2.45, 2.75) is 39.5 Å². The lowest BCUT2D eigenvalue weighted by Crippen LogP contribution is -2.36. The first-order chi connectivity index (χ1) is 11.3. The maximum absolute atomic E-state index is 10.4. The van der Waals surface area contributed by atoms with Crippen molar-refractivity contribution in [1.29, 1.82) is 0 Å². The highest BCUT2D eigenvalue weighted by Crippen LogP contribution is 2.34. The van der Waals surface area contributed by atoms with Crippen LogP contribution in [0.3, 0.4) is 0 Å². The lowest BCUT2D eigenvalue weighted by atomic mass is 9.82. The minimum Gasteiger partial charge on any atom is -0.493 e. The molecule has 2 aromatic carbocycles. The zero-order valence-electron chi connectivity index (χ0n) is 15.2. The summed E-state index contributed by atoms with van der Waals surface area (Å²) >= 11 is 0. The number of methoxy groups -OCH3 is 1. The molecular weight excluding hydrogens is 338 g/mol. The maximum Gasteiger partial charge on any atom is 0.161 e. The van der Waals surface area contributed by atoms with Crippen LogP contribution in [-0.2, 0) is 6.61 Å². The summed E-state index contributed by atoms with van der Waals surface area (Å²) in [5.74, 6) is 1.27. The molecule has 0 saturated carbocycles. The van der Waals surface area contributed by atoms with Gasteiger partial charge in [-0.1, -0.05) is 57.2 Å². The molecule has 2 aromatic rings. The molecule has 0 amide bonds. The average molecular weight is 366 g/mol. The maximum atomic E-state index is 10.4. The van der Waals surface area contributed by atoms with Crippen molar-refractivity contribution < 1.29 is 14.6 Å². The van der Waals surface area contributed by atoms with E-state index in [-0.39, 0.29) is 17.8 Å². The Morgan fingerprint density at radius 1 is 1.04 bits per heavy atom. The minimum atomic E-state index is -0.659. The zero-order valence-corrected chi connectivity index (χ0v) is 16.0. The van der Waals surface area contributed by atoms with Crippen molar-refractivity contribution in [1.82, 2.24) is 0 Å². The quantitative estimate of drug-likeness (QED) is 0.808. The van der Waals surface area contributed by atoms with Crippen LogP contribution in [0.25, 0.3) is 0 Å². The van der Waals surface area contributed by atoms with Crippen LogP contribution in [-0.4, -0.2) is 18.3 Å². The largest absolute Gasteiger partial charge is 0.493 e. The molecule has 0 radical (unpaired) electrons. The Morgan fingerprint density at radius 2 is 1.68 bits per heavy atom. The van der Waals surface area contributed by atoms with E-state index >= 15 is 0 Å². The molecule has 0 bridgehead atoms. The summed E-state index contributed by atoms with van der Waals surface area (Å²) in [6, 6.07) is 15.0. The first-order valence-electron chi connectivity index (χ1n) is 8.11. The molecule has 0 aliphatic rings. The lowest BCUT2D eigenvalue weighted by Gasteiger charge is -2.31. The number of ether oxygens (including phenoxy) is 2. The van der Waals surface area contributed by atoms with Crippen LogP contribution in [0.15, 0.2) is 48.5 Å². The van der Waals surface area contributed by atoms with Crippen LogP contribution in [0.1, 0.15) is 37.9 Å². The summed E-state index contributed by atoms with van der Waals surface area (Å²) in [5, 5.41) is 10.4. The van der Waals surface area contributed by atoms with Gasteiger partial charge in [0.15, 0.2) is 11.5 Å². The first-order valence-corrected chi connectivity index (χ1v) is 8.11. The van der Waals surface area contributed by atoms with E-state index in [9.17, 15) is 5.11 Å². The summed E-state index contributed by atoms with van der Waals surface area (Å²) in [4.78, 5) is 0. The van der Waals surface area contributed by atoms with Crippen molar-refractivity contribution in [3.05, 3.63) is 59.7 Å². The Balaban J connectivity index is 0.00000312. The standard InChI is InChI=1S/C20H27NO3.ClH/c1-20(2,3)19(22)18(21)15-10-11-16(23-4)17(12-15)24-13-14-8-6-5-7-9-14;/h5-12,18-19,22H,13,21H2,1-4H3;1H/t18-,19-;/m1./s1.